The Morgan fingerprint density at radius 3 is 3.12 bits per heavy atom. The Hall–Kier alpha value is -0.0300. The molecule has 1 saturated heterocycles. The summed E-state index contributed by atoms with van der Waals surface area (Å²) in [6, 6.07) is 7.85. The summed E-state index contributed by atoms with van der Waals surface area (Å²) in [6.07, 6.45) is 2.23. The van der Waals surface area contributed by atoms with Crippen LogP contribution in [0.5, 0.6) is 0 Å². The molecule has 2 nitrogen and oxygen atoms in total. The van der Waals surface area contributed by atoms with E-state index in [1.54, 1.807) is 0 Å². The van der Waals surface area contributed by atoms with Crippen LogP contribution < -0.4 is 5.32 Å². The van der Waals surface area contributed by atoms with Crippen molar-refractivity contribution < 1.29 is 5.11 Å². The number of benzene rings is 1. The summed E-state index contributed by atoms with van der Waals surface area (Å²) in [5.74, 6) is 1.29. The highest BCUT2D eigenvalue weighted by atomic mass is 79.9. The van der Waals surface area contributed by atoms with E-state index in [9.17, 15) is 5.11 Å². The minimum atomic E-state index is -0.418. The number of aliphatic hydroxyl groups excluding tert-OH is 1. The van der Waals surface area contributed by atoms with Gasteiger partial charge < -0.3 is 10.4 Å². The lowest BCUT2D eigenvalue weighted by atomic mass is 10.1. The third kappa shape index (κ3) is 4.28. The van der Waals surface area contributed by atoms with Gasteiger partial charge >= 0.3 is 0 Å². The van der Waals surface area contributed by atoms with Crippen molar-refractivity contribution in [1.29, 1.82) is 0 Å². The summed E-state index contributed by atoms with van der Waals surface area (Å²) >= 11 is 5.46. The molecule has 2 N–H and O–H groups in total. The number of hydrogen-bond donors (Lipinski definition) is 2. The van der Waals surface area contributed by atoms with Gasteiger partial charge in [0.25, 0.3) is 0 Å². The van der Waals surface area contributed by atoms with Crippen LogP contribution >= 0.6 is 27.7 Å². The first-order chi connectivity index (χ1) is 8.25. The molecule has 1 aliphatic rings. The highest BCUT2D eigenvalue weighted by Crippen LogP contribution is 2.25. The lowest BCUT2D eigenvalue weighted by Gasteiger charge is -2.14. The molecule has 2 unspecified atom stereocenters. The van der Waals surface area contributed by atoms with E-state index in [2.05, 4.69) is 21.2 Å². The zero-order chi connectivity index (χ0) is 12.1. The predicted molar refractivity (Wildman–Crippen MR) is 77.5 cm³/mol. The second-order valence-corrected chi connectivity index (χ2v) is 6.69. The first-order valence-corrected chi connectivity index (χ1v) is 7.86. The molecule has 2 atom stereocenters. The number of nitrogens with one attached hydrogen (secondary N) is 1. The zero-order valence-corrected chi connectivity index (χ0v) is 12.1. The molecule has 0 aliphatic carbocycles. The van der Waals surface area contributed by atoms with Gasteiger partial charge in [-0.15, -0.1) is 0 Å². The van der Waals surface area contributed by atoms with E-state index in [-0.39, 0.29) is 0 Å². The third-order valence-corrected chi connectivity index (χ3v) is 4.86. The van der Waals surface area contributed by atoms with E-state index in [0.29, 0.717) is 6.54 Å². The van der Waals surface area contributed by atoms with Crippen molar-refractivity contribution in [3.05, 3.63) is 34.3 Å². The van der Waals surface area contributed by atoms with E-state index in [0.717, 1.165) is 21.8 Å². The lowest BCUT2D eigenvalue weighted by Crippen LogP contribution is -2.27. The number of aliphatic hydroxyl groups is 1. The first-order valence-electron chi connectivity index (χ1n) is 6.01. The molecule has 0 radical (unpaired) electrons. The van der Waals surface area contributed by atoms with Crippen molar-refractivity contribution in [3.63, 3.8) is 0 Å². The molecule has 2 rings (SSSR count). The van der Waals surface area contributed by atoms with Crippen LogP contribution in [0.25, 0.3) is 0 Å². The molecule has 4 heteroatoms. The fourth-order valence-corrected chi connectivity index (χ4v) is 3.67. The molecule has 0 aromatic heterocycles. The third-order valence-electron chi connectivity index (χ3n) is 2.97. The number of hydrogen-bond acceptors (Lipinski definition) is 3. The van der Waals surface area contributed by atoms with Crippen LogP contribution in [0.15, 0.2) is 28.7 Å². The van der Waals surface area contributed by atoms with E-state index in [1.807, 2.05) is 36.0 Å². The first kappa shape index (κ1) is 13.4. The maximum absolute atomic E-state index is 10.0. The molecule has 0 amide bonds. The summed E-state index contributed by atoms with van der Waals surface area (Å²) in [5, 5.41) is 14.1. The largest absolute Gasteiger partial charge is 0.387 e. The summed E-state index contributed by atoms with van der Waals surface area (Å²) in [7, 11) is 0. The molecule has 1 heterocycles. The lowest BCUT2D eigenvalue weighted by molar-refractivity contribution is 0.175. The molecular weight excluding hydrogens is 298 g/mol. The molecule has 0 saturated carbocycles. The zero-order valence-electron chi connectivity index (χ0n) is 9.73. The highest BCUT2D eigenvalue weighted by molar-refractivity contribution is 9.10. The van der Waals surface area contributed by atoms with Crippen LogP contribution in [0.1, 0.15) is 24.5 Å². The van der Waals surface area contributed by atoms with E-state index in [4.69, 9.17) is 0 Å². The van der Waals surface area contributed by atoms with Gasteiger partial charge in [0.2, 0.25) is 0 Å². The Bertz CT molecular complexity index is 355. The fraction of sp³-hybridized carbons (Fsp3) is 0.538. The maximum Gasteiger partial charge on any atom is 0.0914 e. The van der Waals surface area contributed by atoms with Crippen molar-refractivity contribution in [2.45, 2.75) is 24.2 Å². The van der Waals surface area contributed by atoms with Gasteiger partial charge in [-0.05, 0) is 36.3 Å². The van der Waals surface area contributed by atoms with Gasteiger partial charge in [0.15, 0.2) is 0 Å². The van der Waals surface area contributed by atoms with Crippen molar-refractivity contribution >= 4 is 27.7 Å². The van der Waals surface area contributed by atoms with Gasteiger partial charge in [0.1, 0.15) is 0 Å². The van der Waals surface area contributed by atoms with Crippen LogP contribution in [-0.4, -0.2) is 29.2 Å². The van der Waals surface area contributed by atoms with Gasteiger partial charge in [0, 0.05) is 22.8 Å². The summed E-state index contributed by atoms with van der Waals surface area (Å²) < 4.78 is 1.01. The quantitative estimate of drug-likeness (QED) is 0.876. The SMILES string of the molecule is OC(CNCC1CCCS1)c1cccc(Br)c1. The van der Waals surface area contributed by atoms with Crippen molar-refractivity contribution in [2.24, 2.45) is 0 Å². The second kappa shape index (κ2) is 6.78. The smallest absolute Gasteiger partial charge is 0.0914 e. The Kier molecular flexibility index (Phi) is 5.35. The maximum atomic E-state index is 10.0. The molecule has 94 valence electrons. The van der Waals surface area contributed by atoms with E-state index >= 15 is 0 Å². The van der Waals surface area contributed by atoms with Crippen LogP contribution in [-0.2, 0) is 0 Å². The molecular formula is C13H18BrNOS. The normalized spacial score (nSPS) is 21.6. The fourth-order valence-electron chi connectivity index (χ4n) is 2.02. The van der Waals surface area contributed by atoms with Gasteiger partial charge in [0.05, 0.1) is 6.10 Å². The van der Waals surface area contributed by atoms with Gasteiger partial charge in [-0.25, -0.2) is 0 Å². The number of rotatable bonds is 5. The van der Waals surface area contributed by atoms with Crippen molar-refractivity contribution in [2.75, 3.05) is 18.8 Å². The molecule has 0 spiro atoms. The molecule has 1 aromatic rings. The molecule has 1 aliphatic heterocycles. The van der Waals surface area contributed by atoms with E-state index < -0.39 is 6.10 Å². The van der Waals surface area contributed by atoms with Crippen molar-refractivity contribution in [1.82, 2.24) is 5.32 Å². The second-order valence-electron chi connectivity index (χ2n) is 4.36. The minimum absolute atomic E-state index is 0.418. The topological polar surface area (TPSA) is 32.3 Å². The van der Waals surface area contributed by atoms with Gasteiger partial charge in [-0.2, -0.15) is 11.8 Å². The van der Waals surface area contributed by atoms with Crippen LogP contribution in [0, 0.1) is 0 Å². The van der Waals surface area contributed by atoms with E-state index in [1.165, 1.54) is 18.6 Å². The van der Waals surface area contributed by atoms with Gasteiger partial charge in [-0.3, -0.25) is 0 Å². The average molecular weight is 316 g/mol. The monoisotopic (exact) mass is 315 g/mol. The molecule has 17 heavy (non-hydrogen) atoms. The van der Waals surface area contributed by atoms with Gasteiger partial charge in [-0.1, -0.05) is 28.1 Å². The number of thioether (sulfide) groups is 1. The standard InChI is InChI=1S/C13H18BrNOS/c14-11-4-1-3-10(7-11)13(16)9-15-8-12-5-2-6-17-12/h1,3-4,7,12-13,15-16H,2,5-6,8-9H2. The summed E-state index contributed by atoms with van der Waals surface area (Å²) in [6.45, 7) is 1.64. The Labute approximate surface area is 115 Å². The summed E-state index contributed by atoms with van der Waals surface area (Å²) in [4.78, 5) is 0. The Morgan fingerprint density at radius 1 is 1.53 bits per heavy atom. The minimum Gasteiger partial charge on any atom is -0.387 e. The molecule has 0 bridgehead atoms. The predicted octanol–water partition coefficient (Wildman–Crippen LogP) is 2.97. The average Bonchev–Trinajstić information content (AvgIpc) is 2.82. The Morgan fingerprint density at radius 2 is 2.41 bits per heavy atom. The Balaban J connectivity index is 1.74. The molecule has 1 aromatic carbocycles. The highest BCUT2D eigenvalue weighted by Gasteiger charge is 2.15. The number of halogens is 1. The van der Waals surface area contributed by atoms with Crippen LogP contribution in [0.3, 0.4) is 0 Å². The van der Waals surface area contributed by atoms with Crippen LogP contribution in [0.4, 0.5) is 0 Å². The molecule has 1 fully saturated rings. The summed E-state index contributed by atoms with van der Waals surface area (Å²) in [5.41, 5.74) is 0.964. The van der Waals surface area contributed by atoms with Crippen LogP contribution in [0.2, 0.25) is 0 Å². The van der Waals surface area contributed by atoms with Crippen molar-refractivity contribution in [3.8, 4) is 0 Å².